The highest BCUT2D eigenvalue weighted by Gasteiger charge is 2.33. The van der Waals surface area contributed by atoms with Crippen molar-refractivity contribution in [3.8, 4) is 0 Å². The minimum atomic E-state index is -1.02. The first kappa shape index (κ1) is 26.2. The van der Waals surface area contributed by atoms with E-state index in [2.05, 4.69) is 9.80 Å². The fourth-order valence-corrected chi connectivity index (χ4v) is 6.02. The zero-order chi connectivity index (χ0) is 27.0. The number of piperazine rings is 1. The largest absolute Gasteiger partial charge is 0.481 e. The predicted molar refractivity (Wildman–Crippen MR) is 154 cm³/mol. The van der Waals surface area contributed by atoms with E-state index in [1.54, 1.807) is 18.3 Å². The lowest BCUT2D eigenvalue weighted by Crippen LogP contribution is -2.47. The minimum Gasteiger partial charge on any atom is -0.481 e. The van der Waals surface area contributed by atoms with Gasteiger partial charge in [-0.3, -0.25) is 23.7 Å². The molecule has 0 unspecified atom stereocenters. The standard InChI is InChI=1S/C26H24ClN5O4S2/c1-16-4-3-8-31-22(16)28-23(30-12-10-29(11-13-30)18-6-2-5-17(27)14-18)19(24(31)35)15-20-25(36)32(26(37)38-20)9-7-21(33)34/h2-6,8,14-15H,7,9-13H2,1H3,(H,33,34)/b20-15-. The Kier molecular flexibility index (Phi) is 7.42. The summed E-state index contributed by atoms with van der Waals surface area (Å²) in [5.74, 6) is -0.924. The number of thiocarbonyl (C=S) groups is 1. The van der Waals surface area contributed by atoms with E-state index in [1.165, 1.54) is 9.30 Å². The van der Waals surface area contributed by atoms with E-state index in [1.807, 2.05) is 37.3 Å². The topological polar surface area (TPSA) is 98.5 Å². The number of carbonyl (C=O) groups is 2. The van der Waals surface area contributed by atoms with Gasteiger partial charge in [0.1, 0.15) is 15.8 Å². The van der Waals surface area contributed by atoms with Crippen LogP contribution in [0.15, 0.2) is 52.3 Å². The van der Waals surface area contributed by atoms with Gasteiger partial charge in [-0.15, -0.1) is 0 Å². The lowest BCUT2D eigenvalue weighted by molar-refractivity contribution is -0.137. The molecule has 0 radical (unpaired) electrons. The van der Waals surface area contributed by atoms with Gasteiger partial charge >= 0.3 is 5.97 Å². The summed E-state index contributed by atoms with van der Waals surface area (Å²) in [6.45, 7) is 4.50. The molecule has 2 aliphatic heterocycles. The number of anilines is 2. The lowest BCUT2D eigenvalue weighted by Gasteiger charge is -2.37. The Morgan fingerprint density at radius 3 is 2.61 bits per heavy atom. The maximum atomic E-state index is 13.7. The van der Waals surface area contributed by atoms with Crippen molar-refractivity contribution >= 4 is 75.0 Å². The summed E-state index contributed by atoms with van der Waals surface area (Å²) in [7, 11) is 0. The average molecular weight is 570 g/mol. The van der Waals surface area contributed by atoms with Gasteiger partial charge in [-0.1, -0.05) is 47.7 Å². The number of pyridine rings is 1. The first-order chi connectivity index (χ1) is 18.2. The van der Waals surface area contributed by atoms with Crippen LogP contribution < -0.4 is 15.4 Å². The van der Waals surface area contributed by atoms with Crippen molar-refractivity contribution in [2.45, 2.75) is 13.3 Å². The van der Waals surface area contributed by atoms with E-state index in [-0.39, 0.29) is 27.8 Å². The molecule has 5 rings (SSSR count). The number of carbonyl (C=O) groups excluding carboxylic acids is 1. The highest BCUT2D eigenvalue weighted by atomic mass is 35.5. The smallest absolute Gasteiger partial charge is 0.305 e. The van der Waals surface area contributed by atoms with Crippen molar-refractivity contribution in [3.63, 3.8) is 0 Å². The second-order valence-electron chi connectivity index (χ2n) is 8.97. The Hall–Kier alpha value is -3.41. The molecule has 0 saturated carbocycles. The van der Waals surface area contributed by atoms with Crippen molar-refractivity contribution in [1.29, 1.82) is 0 Å². The molecule has 0 bridgehead atoms. The second-order valence-corrected chi connectivity index (χ2v) is 11.1. The molecule has 0 spiro atoms. The van der Waals surface area contributed by atoms with Gasteiger partial charge in [0, 0.05) is 49.6 Å². The molecule has 2 aliphatic rings. The number of rotatable bonds is 6. The first-order valence-electron chi connectivity index (χ1n) is 12.0. The molecule has 2 saturated heterocycles. The molecule has 12 heteroatoms. The molecule has 4 heterocycles. The van der Waals surface area contributed by atoms with Gasteiger partial charge in [0.25, 0.3) is 11.5 Å². The summed E-state index contributed by atoms with van der Waals surface area (Å²) in [4.78, 5) is 48.5. The molecule has 0 aliphatic carbocycles. The summed E-state index contributed by atoms with van der Waals surface area (Å²) < 4.78 is 1.75. The molecule has 3 aromatic rings. The lowest BCUT2D eigenvalue weighted by atomic mass is 10.2. The number of hydrogen-bond acceptors (Lipinski definition) is 8. The Morgan fingerprint density at radius 2 is 1.89 bits per heavy atom. The van der Waals surface area contributed by atoms with Gasteiger partial charge in [-0.25, -0.2) is 4.98 Å². The Balaban J connectivity index is 1.51. The van der Waals surface area contributed by atoms with Crippen LogP contribution in [0.3, 0.4) is 0 Å². The number of aromatic nitrogens is 2. The van der Waals surface area contributed by atoms with Crippen LogP contribution >= 0.6 is 35.6 Å². The monoisotopic (exact) mass is 569 g/mol. The predicted octanol–water partition coefficient (Wildman–Crippen LogP) is 3.66. The van der Waals surface area contributed by atoms with Crippen LogP contribution in [0.5, 0.6) is 0 Å². The fraction of sp³-hybridized carbons (Fsp3) is 0.269. The van der Waals surface area contributed by atoms with Gasteiger partial charge in [0.2, 0.25) is 0 Å². The molecule has 38 heavy (non-hydrogen) atoms. The number of halogens is 1. The third-order valence-corrected chi connectivity index (χ3v) is 8.13. The highest BCUT2D eigenvalue weighted by molar-refractivity contribution is 8.26. The summed E-state index contributed by atoms with van der Waals surface area (Å²) in [5.41, 5.74) is 2.44. The molecule has 1 N–H and O–H groups in total. The number of thioether (sulfide) groups is 1. The minimum absolute atomic E-state index is 0.0240. The molecule has 1 aromatic carbocycles. The zero-order valence-electron chi connectivity index (χ0n) is 20.5. The Bertz CT molecular complexity index is 1550. The fourth-order valence-electron chi connectivity index (χ4n) is 4.55. The number of amides is 1. The van der Waals surface area contributed by atoms with Crippen LogP contribution in [-0.4, -0.2) is 68.3 Å². The summed E-state index contributed by atoms with van der Waals surface area (Å²) in [6.07, 6.45) is 2.98. The number of benzene rings is 1. The Labute approximate surface area is 233 Å². The molecular formula is C26H24ClN5O4S2. The molecule has 2 aromatic heterocycles. The third kappa shape index (κ3) is 5.13. The normalized spacial score (nSPS) is 17.2. The SMILES string of the molecule is Cc1cccn2c(=O)c(/C=C3\SC(=S)N(CCC(=O)O)C3=O)c(N3CCN(c4cccc(Cl)c4)CC3)nc12. The van der Waals surface area contributed by atoms with Crippen molar-refractivity contribution < 1.29 is 14.7 Å². The van der Waals surface area contributed by atoms with Crippen LogP contribution in [0, 0.1) is 6.92 Å². The number of nitrogens with zero attached hydrogens (tertiary/aromatic N) is 5. The van der Waals surface area contributed by atoms with E-state index >= 15 is 0 Å². The van der Waals surface area contributed by atoms with E-state index in [4.69, 9.17) is 33.9 Å². The molecule has 0 atom stereocenters. The van der Waals surface area contributed by atoms with Gasteiger partial charge < -0.3 is 14.9 Å². The number of aryl methyl sites for hydroxylation is 1. The zero-order valence-corrected chi connectivity index (χ0v) is 22.9. The van der Waals surface area contributed by atoms with Gasteiger partial charge in [-0.2, -0.15) is 0 Å². The maximum absolute atomic E-state index is 13.7. The number of hydrogen-bond donors (Lipinski definition) is 1. The number of carboxylic acids is 1. The summed E-state index contributed by atoms with van der Waals surface area (Å²) >= 11 is 12.6. The summed E-state index contributed by atoms with van der Waals surface area (Å²) in [6, 6.07) is 11.4. The van der Waals surface area contributed by atoms with Crippen LogP contribution in [0.25, 0.3) is 11.7 Å². The van der Waals surface area contributed by atoms with Gasteiger partial charge in [0.15, 0.2) is 0 Å². The van der Waals surface area contributed by atoms with Crippen molar-refractivity contribution in [2.75, 3.05) is 42.5 Å². The van der Waals surface area contributed by atoms with Crippen LogP contribution in [0.2, 0.25) is 5.02 Å². The quantitative estimate of drug-likeness (QED) is 0.352. The molecular weight excluding hydrogens is 546 g/mol. The third-order valence-electron chi connectivity index (χ3n) is 6.52. The average Bonchev–Trinajstić information content (AvgIpc) is 3.16. The van der Waals surface area contributed by atoms with E-state index in [0.29, 0.717) is 48.2 Å². The van der Waals surface area contributed by atoms with Crippen LogP contribution in [-0.2, 0) is 9.59 Å². The Morgan fingerprint density at radius 1 is 1.16 bits per heavy atom. The number of carboxylic acid groups (broad SMARTS) is 1. The first-order valence-corrected chi connectivity index (χ1v) is 13.6. The van der Waals surface area contributed by atoms with Crippen molar-refractivity contribution in [3.05, 3.63) is 74.0 Å². The van der Waals surface area contributed by atoms with Crippen LogP contribution in [0.1, 0.15) is 17.5 Å². The summed E-state index contributed by atoms with van der Waals surface area (Å²) in [5, 5.41) is 9.70. The van der Waals surface area contributed by atoms with Gasteiger partial charge in [-0.05, 0) is 42.8 Å². The van der Waals surface area contributed by atoms with E-state index in [0.717, 1.165) is 23.0 Å². The second kappa shape index (κ2) is 10.8. The van der Waals surface area contributed by atoms with Crippen molar-refractivity contribution in [2.24, 2.45) is 0 Å². The van der Waals surface area contributed by atoms with Gasteiger partial charge in [0.05, 0.1) is 16.9 Å². The number of aliphatic carboxylic acids is 1. The van der Waals surface area contributed by atoms with Crippen LogP contribution in [0.4, 0.5) is 11.5 Å². The van der Waals surface area contributed by atoms with E-state index < -0.39 is 11.9 Å². The van der Waals surface area contributed by atoms with E-state index in [9.17, 15) is 14.4 Å². The molecule has 196 valence electrons. The maximum Gasteiger partial charge on any atom is 0.305 e. The highest BCUT2D eigenvalue weighted by Crippen LogP contribution is 2.34. The number of fused-ring (bicyclic) bond motifs is 1. The van der Waals surface area contributed by atoms with Crippen molar-refractivity contribution in [1.82, 2.24) is 14.3 Å². The molecule has 2 fully saturated rings. The molecule has 9 nitrogen and oxygen atoms in total. The molecule has 1 amide bonds.